The fourth-order valence-corrected chi connectivity index (χ4v) is 3.52. The van der Waals surface area contributed by atoms with Crippen molar-refractivity contribution in [2.45, 2.75) is 0 Å². The van der Waals surface area contributed by atoms with Gasteiger partial charge in [0, 0.05) is 70.3 Å². The standard InChI is InChI=1S/C21H26N8/c1-27(11-8-22)18-16-19(25-26-20(18)17-6-3-2-4-7-17)28-12-14-29(15-13-28)21-23-9-5-10-24-21/h2-7,9-10,16H,8,11-15,22H2,1H3. The minimum Gasteiger partial charge on any atom is -0.371 e. The summed E-state index contributed by atoms with van der Waals surface area (Å²) in [4.78, 5) is 15.3. The average molecular weight is 390 g/mol. The Labute approximate surface area is 171 Å². The van der Waals surface area contributed by atoms with Gasteiger partial charge in [-0.3, -0.25) is 0 Å². The second-order valence-electron chi connectivity index (χ2n) is 7.04. The second kappa shape index (κ2) is 8.83. The first-order valence-electron chi connectivity index (χ1n) is 9.87. The van der Waals surface area contributed by atoms with Crippen LogP contribution < -0.4 is 20.4 Å². The topological polar surface area (TPSA) is 87.3 Å². The highest BCUT2D eigenvalue weighted by Gasteiger charge is 2.22. The summed E-state index contributed by atoms with van der Waals surface area (Å²) >= 11 is 0. The summed E-state index contributed by atoms with van der Waals surface area (Å²) in [7, 11) is 2.05. The minimum atomic E-state index is 0.581. The molecule has 0 radical (unpaired) electrons. The van der Waals surface area contributed by atoms with Crippen LogP contribution in [0.2, 0.25) is 0 Å². The fraction of sp³-hybridized carbons (Fsp3) is 0.333. The fourth-order valence-electron chi connectivity index (χ4n) is 3.52. The highest BCUT2D eigenvalue weighted by atomic mass is 15.4. The number of nitrogens with two attached hydrogens (primary N) is 1. The van der Waals surface area contributed by atoms with Crippen molar-refractivity contribution in [2.24, 2.45) is 5.73 Å². The van der Waals surface area contributed by atoms with Crippen LogP contribution in [0.15, 0.2) is 54.9 Å². The smallest absolute Gasteiger partial charge is 0.225 e. The van der Waals surface area contributed by atoms with Gasteiger partial charge in [-0.1, -0.05) is 30.3 Å². The highest BCUT2D eigenvalue weighted by Crippen LogP contribution is 2.30. The summed E-state index contributed by atoms with van der Waals surface area (Å²) in [6.07, 6.45) is 3.56. The Bertz CT molecular complexity index is 910. The van der Waals surface area contributed by atoms with Crippen LogP contribution >= 0.6 is 0 Å². The molecular weight excluding hydrogens is 364 g/mol. The molecule has 1 aromatic carbocycles. The third-order valence-electron chi connectivity index (χ3n) is 5.12. The number of hydrogen-bond acceptors (Lipinski definition) is 8. The lowest BCUT2D eigenvalue weighted by Crippen LogP contribution is -2.47. The summed E-state index contributed by atoms with van der Waals surface area (Å²) in [6.45, 7) is 4.72. The summed E-state index contributed by atoms with van der Waals surface area (Å²) in [5.74, 6) is 1.67. The molecule has 8 nitrogen and oxygen atoms in total. The van der Waals surface area contributed by atoms with E-state index in [9.17, 15) is 0 Å². The molecule has 3 aromatic rings. The van der Waals surface area contributed by atoms with Crippen LogP contribution in [0.25, 0.3) is 11.3 Å². The molecule has 150 valence electrons. The molecule has 3 heterocycles. The first-order valence-corrected chi connectivity index (χ1v) is 9.87. The largest absolute Gasteiger partial charge is 0.371 e. The quantitative estimate of drug-likeness (QED) is 0.680. The molecule has 0 atom stereocenters. The molecule has 1 aliphatic rings. The van der Waals surface area contributed by atoms with E-state index in [4.69, 9.17) is 5.73 Å². The Hall–Kier alpha value is -3.26. The summed E-state index contributed by atoms with van der Waals surface area (Å²) in [6, 6.07) is 14.1. The first kappa shape index (κ1) is 19.1. The molecule has 0 unspecified atom stereocenters. The lowest BCUT2D eigenvalue weighted by atomic mass is 10.1. The Morgan fingerprint density at radius 3 is 2.31 bits per heavy atom. The summed E-state index contributed by atoms with van der Waals surface area (Å²) in [5, 5.41) is 9.14. The molecule has 2 N–H and O–H groups in total. The van der Waals surface area contributed by atoms with E-state index in [0.717, 1.165) is 61.4 Å². The van der Waals surface area contributed by atoms with Crippen molar-refractivity contribution in [1.29, 1.82) is 0 Å². The van der Waals surface area contributed by atoms with E-state index in [1.165, 1.54) is 0 Å². The number of benzene rings is 1. The van der Waals surface area contributed by atoms with Crippen LogP contribution in [0.1, 0.15) is 0 Å². The van der Waals surface area contributed by atoms with Gasteiger partial charge < -0.3 is 20.4 Å². The Balaban J connectivity index is 1.56. The van der Waals surface area contributed by atoms with Crippen LogP contribution in [-0.4, -0.2) is 66.5 Å². The van der Waals surface area contributed by atoms with Crippen molar-refractivity contribution in [1.82, 2.24) is 20.2 Å². The molecule has 4 rings (SSSR count). The Morgan fingerprint density at radius 2 is 1.62 bits per heavy atom. The Kier molecular flexibility index (Phi) is 5.81. The van der Waals surface area contributed by atoms with Crippen LogP contribution in [0, 0.1) is 0 Å². The first-order chi connectivity index (χ1) is 14.3. The number of aromatic nitrogens is 4. The number of nitrogens with zero attached hydrogens (tertiary/aromatic N) is 7. The van der Waals surface area contributed by atoms with E-state index < -0.39 is 0 Å². The third-order valence-corrected chi connectivity index (χ3v) is 5.12. The zero-order valence-corrected chi connectivity index (χ0v) is 16.6. The van der Waals surface area contributed by atoms with Gasteiger partial charge in [-0.2, -0.15) is 0 Å². The van der Waals surface area contributed by atoms with Crippen LogP contribution in [-0.2, 0) is 0 Å². The van der Waals surface area contributed by atoms with E-state index in [-0.39, 0.29) is 0 Å². The molecule has 29 heavy (non-hydrogen) atoms. The van der Waals surface area contributed by atoms with E-state index >= 15 is 0 Å². The second-order valence-corrected chi connectivity index (χ2v) is 7.04. The van der Waals surface area contributed by atoms with E-state index in [0.29, 0.717) is 6.54 Å². The van der Waals surface area contributed by atoms with Crippen LogP contribution in [0.5, 0.6) is 0 Å². The molecule has 8 heteroatoms. The van der Waals surface area contributed by atoms with Crippen molar-refractivity contribution < 1.29 is 0 Å². The molecule has 0 spiro atoms. The van der Waals surface area contributed by atoms with Gasteiger partial charge in [0.1, 0.15) is 5.69 Å². The molecule has 1 fully saturated rings. The molecule has 1 saturated heterocycles. The third kappa shape index (κ3) is 4.27. The van der Waals surface area contributed by atoms with Crippen molar-refractivity contribution in [3.63, 3.8) is 0 Å². The number of rotatable bonds is 6. The normalized spacial score (nSPS) is 14.1. The van der Waals surface area contributed by atoms with Gasteiger partial charge in [0.05, 0.1) is 5.69 Å². The lowest BCUT2D eigenvalue weighted by molar-refractivity contribution is 0.631. The van der Waals surface area contributed by atoms with Crippen molar-refractivity contribution >= 4 is 17.5 Å². The minimum absolute atomic E-state index is 0.581. The van der Waals surface area contributed by atoms with Crippen LogP contribution in [0.3, 0.4) is 0 Å². The number of anilines is 3. The maximum absolute atomic E-state index is 5.80. The van der Waals surface area contributed by atoms with Gasteiger partial charge in [0.15, 0.2) is 5.82 Å². The van der Waals surface area contributed by atoms with E-state index in [2.05, 4.69) is 53.1 Å². The average Bonchev–Trinajstić information content (AvgIpc) is 2.80. The molecule has 1 aliphatic heterocycles. The van der Waals surface area contributed by atoms with Gasteiger partial charge in [-0.25, -0.2) is 9.97 Å². The van der Waals surface area contributed by atoms with Gasteiger partial charge in [-0.15, -0.1) is 10.2 Å². The van der Waals surface area contributed by atoms with Crippen molar-refractivity contribution in [3.8, 4) is 11.3 Å². The summed E-state index contributed by atoms with van der Waals surface area (Å²) in [5.41, 5.74) is 8.77. The monoisotopic (exact) mass is 390 g/mol. The van der Waals surface area contributed by atoms with Gasteiger partial charge in [-0.05, 0) is 6.07 Å². The van der Waals surface area contributed by atoms with E-state index in [1.54, 1.807) is 12.4 Å². The SMILES string of the molecule is CN(CCN)c1cc(N2CCN(c3ncccn3)CC2)nnc1-c1ccccc1. The molecule has 0 bridgehead atoms. The number of likely N-dealkylation sites (N-methyl/N-ethyl adjacent to an activating group) is 1. The molecule has 2 aromatic heterocycles. The lowest BCUT2D eigenvalue weighted by Gasteiger charge is -2.35. The van der Waals surface area contributed by atoms with Gasteiger partial charge in [0.25, 0.3) is 0 Å². The molecule has 0 amide bonds. The van der Waals surface area contributed by atoms with Crippen molar-refractivity contribution in [2.75, 3.05) is 61.0 Å². The van der Waals surface area contributed by atoms with Crippen LogP contribution in [0.4, 0.5) is 17.5 Å². The molecule has 0 saturated carbocycles. The molecule has 0 aliphatic carbocycles. The maximum Gasteiger partial charge on any atom is 0.225 e. The zero-order chi connectivity index (χ0) is 20.1. The van der Waals surface area contributed by atoms with Crippen molar-refractivity contribution in [3.05, 3.63) is 54.9 Å². The Morgan fingerprint density at radius 1 is 0.931 bits per heavy atom. The van der Waals surface area contributed by atoms with E-state index in [1.807, 2.05) is 31.3 Å². The summed E-state index contributed by atoms with van der Waals surface area (Å²) < 4.78 is 0. The van der Waals surface area contributed by atoms with Gasteiger partial charge >= 0.3 is 0 Å². The maximum atomic E-state index is 5.80. The number of hydrogen-bond donors (Lipinski definition) is 1. The predicted octanol–water partition coefficient (Wildman–Crippen LogP) is 1.66. The van der Waals surface area contributed by atoms with Gasteiger partial charge in [0.2, 0.25) is 5.95 Å². The predicted molar refractivity (Wildman–Crippen MR) is 116 cm³/mol. The zero-order valence-electron chi connectivity index (χ0n) is 16.6. The molecular formula is C21H26N8. The number of piperazine rings is 1. The highest BCUT2D eigenvalue weighted by molar-refractivity contribution is 5.76.